The number of para-hydroxylation sites is 3. The standard InChI is InChI=1S/C32H23N.C8H12.C7H8/c1-20-17-18-22-21-9-2-4-12-25(21)32(28(22)19-20)26-13-5-7-16-30(26)33-29-15-6-3-10-23(29)24-11-8-14-27(32)31(24)33;1-4-6-7-8(3)5-2;1-7-5-3-2-4-6-7/h2-3,5-11,13-19H,4,12H2,1H3;4-7H,1H2,2-3H3;2-6H,1H3/b;7-6-,8-5-;. The second-order valence-corrected chi connectivity index (χ2v) is 13.0. The predicted molar refractivity (Wildman–Crippen MR) is 207 cm³/mol. The lowest BCUT2D eigenvalue weighted by Crippen LogP contribution is -2.34. The Labute approximate surface area is 285 Å². The summed E-state index contributed by atoms with van der Waals surface area (Å²) in [5.74, 6) is 0. The van der Waals surface area contributed by atoms with Gasteiger partial charge < -0.3 is 4.57 Å². The average molecular weight is 622 g/mol. The molecule has 0 N–H and O–H groups in total. The van der Waals surface area contributed by atoms with Crippen LogP contribution in [0.25, 0.3) is 33.1 Å². The van der Waals surface area contributed by atoms with Crippen LogP contribution in [-0.2, 0) is 5.41 Å². The molecular weight excluding hydrogens is 579 g/mol. The second kappa shape index (κ2) is 13.0. The van der Waals surface area contributed by atoms with Crippen LogP contribution in [0.2, 0.25) is 0 Å². The fourth-order valence-electron chi connectivity index (χ4n) is 7.84. The van der Waals surface area contributed by atoms with E-state index in [0.717, 1.165) is 12.8 Å². The van der Waals surface area contributed by atoms with Crippen LogP contribution in [0.1, 0.15) is 60.1 Å². The third-order valence-electron chi connectivity index (χ3n) is 10.0. The summed E-state index contributed by atoms with van der Waals surface area (Å²) in [4.78, 5) is 0. The number of hydrogen-bond acceptors (Lipinski definition) is 0. The van der Waals surface area contributed by atoms with Crippen LogP contribution >= 0.6 is 0 Å². The number of nitrogens with zero attached hydrogens (tertiary/aromatic N) is 1. The molecule has 1 aliphatic heterocycles. The van der Waals surface area contributed by atoms with Crippen molar-refractivity contribution in [3.8, 4) is 5.69 Å². The van der Waals surface area contributed by atoms with Crippen molar-refractivity contribution in [2.75, 3.05) is 0 Å². The average Bonchev–Trinajstić information content (AvgIpc) is 3.62. The molecule has 0 fully saturated rings. The summed E-state index contributed by atoms with van der Waals surface area (Å²) >= 11 is 0. The molecule has 2 aliphatic carbocycles. The Kier molecular flexibility index (Phi) is 8.46. The summed E-state index contributed by atoms with van der Waals surface area (Å²) in [6, 6.07) is 42.3. The first kappa shape index (κ1) is 31.2. The zero-order chi connectivity index (χ0) is 33.3. The van der Waals surface area contributed by atoms with Gasteiger partial charge in [-0.3, -0.25) is 0 Å². The third kappa shape index (κ3) is 5.02. The maximum Gasteiger partial charge on any atom is 0.0717 e. The Bertz CT molecular complexity index is 2290. The van der Waals surface area contributed by atoms with Gasteiger partial charge in [0.2, 0.25) is 0 Å². The molecule has 5 aromatic carbocycles. The number of benzene rings is 5. The van der Waals surface area contributed by atoms with Crippen LogP contribution in [0.5, 0.6) is 0 Å². The first-order valence-electron chi connectivity index (χ1n) is 17.1. The smallest absolute Gasteiger partial charge is 0.0717 e. The Morgan fingerprint density at radius 2 is 1.48 bits per heavy atom. The molecule has 0 amide bonds. The topological polar surface area (TPSA) is 4.93 Å². The lowest BCUT2D eigenvalue weighted by molar-refractivity contribution is 0.684. The zero-order valence-corrected chi connectivity index (χ0v) is 28.5. The lowest BCUT2D eigenvalue weighted by atomic mass is 9.63. The molecular formula is C47H43N. The monoisotopic (exact) mass is 621 g/mol. The molecule has 1 unspecified atom stereocenters. The van der Waals surface area contributed by atoms with Gasteiger partial charge in [0.1, 0.15) is 0 Å². The van der Waals surface area contributed by atoms with Crippen LogP contribution in [-0.4, -0.2) is 4.57 Å². The quantitative estimate of drug-likeness (QED) is 0.170. The summed E-state index contributed by atoms with van der Waals surface area (Å²) < 4.78 is 2.52. The van der Waals surface area contributed by atoms with Gasteiger partial charge in [-0.15, -0.1) is 0 Å². The van der Waals surface area contributed by atoms with Crippen molar-refractivity contribution in [2.24, 2.45) is 0 Å². The van der Waals surface area contributed by atoms with E-state index in [9.17, 15) is 0 Å². The highest BCUT2D eigenvalue weighted by atomic mass is 15.0. The van der Waals surface area contributed by atoms with Crippen LogP contribution in [0.3, 0.4) is 0 Å². The normalized spacial score (nSPS) is 17.0. The lowest BCUT2D eigenvalue weighted by Gasteiger charge is -2.41. The molecule has 48 heavy (non-hydrogen) atoms. The van der Waals surface area contributed by atoms with Gasteiger partial charge in [0.25, 0.3) is 0 Å². The van der Waals surface area contributed by atoms with Gasteiger partial charge in [0, 0.05) is 10.8 Å². The van der Waals surface area contributed by atoms with Crippen LogP contribution in [0.4, 0.5) is 0 Å². The zero-order valence-electron chi connectivity index (χ0n) is 28.5. The van der Waals surface area contributed by atoms with Gasteiger partial charge in [0.05, 0.1) is 22.1 Å². The van der Waals surface area contributed by atoms with Crippen molar-refractivity contribution in [1.82, 2.24) is 4.57 Å². The van der Waals surface area contributed by atoms with E-state index in [0.29, 0.717) is 0 Å². The molecule has 1 heteroatoms. The summed E-state index contributed by atoms with van der Waals surface area (Å²) in [5.41, 5.74) is 16.4. The molecule has 1 atom stereocenters. The molecule has 0 radical (unpaired) electrons. The molecule has 1 spiro atoms. The number of allylic oxidation sites excluding steroid dienone is 9. The number of aromatic nitrogens is 1. The van der Waals surface area contributed by atoms with Crippen molar-refractivity contribution in [3.63, 3.8) is 0 Å². The molecule has 236 valence electrons. The summed E-state index contributed by atoms with van der Waals surface area (Å²) in [6.07, 6.45) is 14.7. The van der Waals surface area contributed by atoms with Gasteiger partial charge in [0.15, 0.2) is 0 Å². The Morgan fingerprint density at radius 3 is 2.25 bits per heavy atom. The third-order valence-corrected chi connectivity index (χ3v) is 10.0. The van der Waals surface area contributed by atoms with Gasteiger partial charge >= 0.3 is 0 Å². The molecule has 9 rings (SSSR count). The fraction of sp³-hybridized carbons (Fsp3) is 0.149. The maximum absolute atomic E-state index is 3.55. The summed E-state index contributed by atoms with van der Waals surface area (Å²) in [6.45, 7) is 11.9. The molecule has 2 heterocycles. The molecule has 3 aliphatic rings. The number of hydrogen-bond donors (Lipinski definition) is 0. The maximum atomic E-state index is 3.55. The van der Waals surface area contributed by atoms with Crippen molar-refractivity contribution in [1.29, 1.82) is 0 Å². The predicted octanol–water partition coefficient (Wildman–Crippen LogP) is 12.5. The summed E-state index contributed by atoms with van der Waals surface area (Å²) in [7, 11) is 0. The highest BCUT2D eigenvalue weighted by molar-refractivity contribution is 6.12. The van der Waals surface area contributed by atoms with E-state index >= 15 is 0 Å². The second-order valence-electron chi connectivity index (χ2n) is 13.0. The first-order chi connectivity index (χ1) is 23.5. The Hall–Kier alpha value is -5.40. The van der Waals surface area contributed by atoms with E-state index in [1.54, 1.807) is 11.6 Å². The highest BCUT2D eigenvalue weighted by Crippen LogP contribution is 2.61. The van der Waals surface area contributed by atoms with E-state index in [4.69, 9.17) is 0 Å². The Morgan fingerprint density at radius 1 is 0.750 bits per heavy atom. The van der Waals surface area contributed by atoms with E-state index in [-0.39, 0.29) is 5.41 Å². The Balaban J connectivity index is 0.000000203. The number of fused-ring (bicyclic) bond motifs is 11. The fourth-order valence-corrected chi connectivity index (χ4v) is 7.84. The van der Waals surface area contributed by atoms with Crippen LogP contribution < -0.4 is 0 Å². The number of aryl methyl sites for hydroxylation is 2. The molecule has 1 nitrogen and oxygen atoms in total. The van der Waals surface area contributed by atoms with E-state index in [2.05, 4.69) is 147 Å². The van der Waals surface area contributed by atoms with Gasteiger partial charge in [-0.05, 0) is 86.1 Å². The van der Waals surface area contributed by atoms with Crippen molar-refractivity contribution >= 4 is 27.4 Å². The molecule has 6 aromatic rings. The number of rotatable bonds is 2. The van der Waals surface area contributed by atoms with Crippen LogP contribution in [0.15, 0.2) is 169 Å². The molecule has 1 aromatic heterocycles. The van der Waals surface area contributed by atoms with E-state index in [1.165, 1.54) is 72.0 Å². The van der Waals surface area contributed by atoms with E-state index in [1.807, 2.05) is 37.3 Å². The van der Waals surface area contributed by atoms with Gasteiger partial charge in [-0.1, -0.05) is 163 Å². The van der Waals surface area contributed by atoms with Crippen LogP contribution in [0, 0.1) is 13.8 Å². The molecule has 0 bridgehead atoms. The molecule has 0 saturated carbocycles. The van der Waals surface area contributed by atoms with E-state index < -0.39 is 0 Å². The largest absolute Gasteiger partial charge is 0.309 e. The minimum absolute atomic E-state index is 0.234. The van der Waals surface area contributed by atoms with Gasteiger partial charge in [-0.25, -0.2) is 0 Å². The van der Waals surface area contributed by atoms with Crippen molar-refractivity contribution < 1.29 is 0 Å². The minimum atomic E-state index is -0.234. The minimum Gasteiger partial charge on any atom is -0.309 e. The van der Waals surface area contributed by atoms with Gasteiger partial charge in [-0.2, -0.15) is 0 Å². The first-order valence-corrected chi connectivity index (χ1v) is 17.1. The molecule has 0 saturated heterocycles. The van der Waals surface area contributed by atoms with Crippen molar-refractivity contribution in [2.45, 2.75) is 46.0 Å². The summed E-state index contributed by atoms with van der Waals surface area (Å²) in [5, 5.41) is 2.69. The SMILES string of the molecule is C=C/C=C\C(C)=C/C.Cc1ccc2c(c1)C1(C3=C2C=CCC3)c2ccccc2-n2c3ccccc3c3cccc1c32.Cc1ccccc1. The van der Waals surface area contributed by atoms with Crippen molar-refractivity contribution in [3.05, 3.63) is 203 Å². The highest BCUT2D eigenvalue weighted by Gasteiger charge is 2.51.